The monoisotopic (exact) mass is 344 g/mol. The molecule has 0 aromatic heterocycles. The molecule has 22 heavy (non-hydrogen) atoms. The van der Waals surface area contributed by atoms with Crippen molar-refractivity contribution in [2.75, 3.05) is 13.7 Å². The smallest absolute Gasteiger partial charge is 0.264 e. The molecule has 4 saturated heterocycles. The van der Waals surface area contributed by atoms with E-state index >= 15 is 0 Å². The minimum absolute atomic E-state index is 0.185. The summed E-state index contributed by atoms with van der Waals surface area (Å²) >= 11 is 0. The van der Waals surface area contributed by atoms with Crippen molar-refractivity contribution in [1.82, 2.24) is 9.80 Å². The van der Waals surface area contributed by atoms with E-state index in [0.717, 1.165) is 16.9 Å². The zero-order valence-corrected chi connectivity index (χ0v) is 13.2. The highest BCUT2D eigenvalue weighted by Crippen LogP contribution is 2.64. The molecular weight excluding hydrogens is 331 g/mol. The molecule has 5 aliphatic rings. The number of allylic oxidation sites excluding steroid dienone is 2. The molecule has 118 valence electrons. The Balaban J connectivity index is 1.89. The number of piperazine rings is 1. The summed E-state index contributed by atoms with van der Waals surface area (Å²) in [5.74, 6) is -1.27. The van der Waals surface area contributed by atoms with E-state index in [-0.39, 0.29) is 12.3 Å². The highest BCUT2D eigenvalue weighted by atomic mass is 33.1. The minimum Gasteiger partial charge on any atom is -0.392 e. The van der Waals surface area contributed by atoms with Gasteiger partial charge < -0.3 is 20.0 Å². The van der Waals surface area contributed by atoms with Gasteiger partial charge in [-0.05, 0) is 28.5 Å². The van der Waals surface area contributed by atoms with Crippen molar-refractivity contribution >= 4 is 33.4 Å². The lowest BCUT2D eigenvalue weighted by atomic mass is 9.96. The molecule has 0 aromatic carbocycles. The van der Waals surface area contributed by atoms with Gasteiger partial charge in [-0.25, -0.2) is 4.39 Å². The highest BCUT2D eigenvalue weighted by molar-refractivity contribution is 8.78. The Morgan fingerprint density at radius 2 is 2.14 bits per heavy atom. The van der Waals surface area contributed by atoms with Gasteiger partial charge in [-0.15, -0.1) is 0 Å². The van der Waals surface area contributed by atoms with Crippen LogP contribution in [-0.4, -0.2) is 67.4 Å². The number of hydrogen-bond donors (Lipinski definition) is 2. The maximum atomic E-state index is 13.6. The van der Waals surface area contributed by atoms with E-state index in [0.29, 0.717) is 5.57 Å². The summed E-state index contributed by atoms with van der Waals surface area (Å²) in [6, 6.07) is -0.746. The Hall–Kier alpha value is -1.03. The maximum absolute atomic E-state index is 13.6. The quantitative estimate of drug-likeness (QED) is 0.652. The molecule has 1 spiro atoms. The van der Waals surface area contributed by atoms with E-state index in [1.54, 1.807) is 0 Å². The van der Waals surface area contributed by atoms with Crippen LogP contribution in [0.3, 0.4) is 0 Å². The van der Waals surface area contributed by atoms with Crippen LogP contribution in [0.5, 0.6) is 0 Å². The van der Waals surface area contributed by atoms with E-state index in [9.17, 15) is 24.2 Å². The zero-order valence-electron chi connectivity index (χ0n) is 11.5. The first kappa shape index (κ1) is 14.6. The molecule has 2 unspecified atom stereocenters. The first-order valence-electron chi connectivity index (χ1n) is 6.73. The summed E-state index contributed by atoms with van der Waals surface area (Å²) in [5, 5.41) is 19.9. The number of hydrogen-bond acceptors (Lipinski definition) is 6. The molecule has 4 heterocycles. The summed E-state index contributed by atoms with van der Waals surface area (Å²) in [4.78, 5) is 25.8. The number of amides is 2. The molecule has 2 bridgehead atoms. The zero-order chi connectivity index (χ0) is 15.9. The van der Waals surface area contributed by atoms with Crippen molar-refractivity contribution in [2.45, 2.75) is 28.3 Å². The summed E-state index contributed by atoms with van der Waals surface area (Å²) < 4.78 is 13.6. The molecule has 9 heteroatoms. The molecule has 6 nitrogen and oxygen atoms in total. The van der Waals surface area contributed by atoms with Crippen LogP contribution in [-0.2, 0) is 9.59 Å². The Labute approximate surface area is 133 Å². The van der Waals surface area contributed by atoms with E-state index in [4.69, 9.17) is 0 Å². The standard InChI is InChI=1S/C13H13FN2O4S2/c1-15-10(19)12-4-6-2-7(14)3-8(18)9(6)16(12)11(20)13(15,5-17)22-21-12/h2-3,8-9,17-18H,4-5H2,1H3/t8?,9?,12-,13-/m1/s1. The van der Waals surface area contributed by atoms with Crippen LogP contribution in [0.4, 0.5) is 4.39 Å². The van der Waals surface area contributed by atoms with Crippen LogP contribution in [0.2, 0.25) is 0 Å². The molecule has 4 atom stereocenters. The predicted molar refractivity (Wildman–Crippen MR) is 79.0 cm³/mol. The number of nitrogens with zero attached hydrogens (tertiary/aromatic N) is 2. The summed E-state index contributed by atoms with van der Waals surface area (Å²) in [5.41, 5.74) is 0.534. The number of likely N-dealkylation sites (N-methyl/N-ethyl adjacent to an activating group) is 1. The van der Waals surface area contributed by atoms with E-state index in [1.165, 1.54) is 33.7 Å². The number of carbonyl (C=O) groups is 2. The molecule has 4 fully saturated rings. The second kappa shape index (κ2) is 4.28. The van der Waals surface area contributed by atoms with Gasteiger partial charge in [-0.2, -0.15) is 0 Å². The first-order chi connectivity index (χ1) is 10.4. The minimum atomic E-state index is -1.38. The number of carbonyl (C=O) groups excluding carboxylic acids is 2. The Morgan fingerprint density at radius 3 is 2.82 bits per heavy atom. The highest BCUT2D eigenvalue weighted by Gasteiger charge is 2.73. The van der Waals surface area contributed by atoms with Crippen molar-refractivity contribution in [2.24, 2.45) is 0 Å². The third-order valence-corrected chi connectivity index (χ3v) is 8.37. The lowest BCUT2D eigenvalue weighted by molar-refractivity contribution is -0.168. The van der Waals surface area contributed by atoms with Crippen LogP contribution in [0, 0.1) is 0 Å². The van der Waals surface area contributed by atoms with Crippen molar-refractivity contribution in [3.05, 3.63) is 23.6 Å². The molecule has 0 radical (unpaired) electrons. The SMILES string of the molecule is CN1C(=O)[C@]23CC4=CC(F)=CC(O)C4N2C(=O)[C@@]1(CO)SS3. The lowest BCUT2D eigenvalue weighted by Gasteiger charge is -2.58. The number of rotatable bonds is 1. The van der Waals surface area contributed by atoms with Gasteiger partial charge in [0, 0.05) is 13.5 Å². The summed E-state index contributed by atoms with van der Waals surface area (Å²) in [6.45, 7) is -0.510. The molecule has 2 N–H and O–H groups in total. The maximum Gasteiger partial charge on any atom is 0.264 e. The summed E-state index contributed by atoms with van der Waals surface area (Å²) in [6.07, 6.45) is 1.32. The van der Waals surface area contributed by atoms with Gasteiger partial charge in [0.05, 0.1) is 18.8 Å². The molecular formula is C13H13FN2O4S2. The van der Waals surface area contributed by atoms with Crippen LogP contribution in [0.25, 0.3) is 0 Å². The number of fused-ring (bicyclic) bond motifs is 3. The molecule has 5 rings (SSSR count). The molecule has 2 amide bonds. The third kappa shape index (κ3) is 1.41. The van der Waals surface area contributed by atoms with Gasteiger partial charge in [0.25, 0.3) is 11.8 Å². The Kier molecular flexibility index (Phi) is 2.83. The largest absolute Gasteiger partial charge is 0.392 e. The molecule has 1 aliphatic carbocycles. The fraction of sp³-hybridized carbons (Fsp3) is 0.538. The molecule has 4 aliphatic heterocycles. The number of aliphatic hydroxyl groups excluding tert-OH is 2. The lowest BCUT2D eigenvalue weighted by Crippen LogP contribution is -2.77. The van der Waals surface area contributed by atoms with Crippen LogP contribution in [0.15, 0.2) is 23.6 Å². The Morgan fingerprint density at radius 1 is 1.41 bits per heavy atom. The second-order valence-electron chi connectivity index (χ2n) is 5.82. The first-order valence-corrected chi connectivity index (χ1v) is 8.88. The average molecular weight is 344 g/mol. The predicted octanol–water partition coefficient (Wildman–Crippen LogP) is -0.00650. The molecule has 0 aromatic rings. The van der Waals surface area contributed by atoms with Crippen LogP contribution >= 0.6 is 21.6 Å². The fourth-order valence-electron chi connectivity index (χ4n) is 3.61. The fourth-order valence-corrected chi connectivity index (χ4v) is 7.18. The second-order valence-corrected chi connectivity index (χ2v) is 8.50. The van der Waals surface area contributed by atoms with Gasteiger partial charge in [-0.3, -0.25) is 9.59 Å². The van der Waals surface area contributed by atoms with Gasteiger partial charge >= 0.3 is 0 Å². The van der Waals surface area contributed by atoms with Gasteiger partial charge in [0.1, 0.15) is 5.83 Å². The van der Waals surface area contributed by atoms with Crippen molar-refractivity contribution in [3.63, 3.8) is 0 Å². The number of halogens is 1. The van der Waals surface area contributed by atoms with Crippen LogP contribution in [0.1, 0.15) is 6.42 Å². The van der Waals surface area contributed by atoms with Gasteiger partial charge in [0.15, 0.2) is 4.87 Å². The number of aliphatic hydroxyl groups is 2. The topological polar surface area (TPSA) is 81.1 Å². The van der Waals surface area contributed by atoms with Crippen molar-refractivity contribution in [3.8, 4) is 0 Å². The summed E-state index contributed by atoms with van der Waals surface area (Å²) in [7, 11) is 3.86. The van der Waals surface area contributed by atoms with E-state index in [1.807, 2.05) is 0 Å². The van der Waals surface area contributed by atoms with Crippen molar-refractivity contribution in [1.29, 1.82) is 0 Å². The van der Waals surface area contributed by atoms with Crippen LogP contribution < -0.4 is 0 Å². The van der Waals surface area contributed by atoms with E-state index in [2.05, 4.69) is 0 Å². The van der Waals surface area contributed by atoms with E-state index < -0.39 is 40.2 Å². The average Bonchev–Trinajstić information content (AvgIpc) is 2.81. The Bertz CT molecular complexity index is 668. The third-order valence-electron chi connectivity index (χ3n) is 4.73. The van der Waals surface area contributed by atoms with Gasteiger partial charge in [-0.1, -0.05) is 10.8 Å². The normalized spacial score (nSPS) is 43.1. The van der Waals surface area contributed by atoms with Crippen molar-refractivity contribution < 1.29 is 24.2 Å². The molecule has 0 saturated carbocycles. The van der Waals surface area contributed by atoms with Gasteiger partial charge in [0.2, 0.25) is 4.87 Å².